The first kappa shape index (κ1) is 15.3. The first-order valence-corrected chi connectivity index (χ1v) is 8.15. The van der Waals surface area contributed by atoms with Crippen molar-refractivity contribution in [1.82, 2.24) is 9.88 Å². The van der Waals surface area contributed by atoms with E-state index in [0.717, 1.165) is 30.6 Å². The number of piperidine rings is 1. The number of hydrogen-bond donors (Lipinski definition) is 2. The molecule has 3 rings (SSSR count). The summed E-state index contributed by atoms with van der Waals surface area (Å²) < 4.78 is 13.9. The van der Waals surface area contributed by atoms with Gasteiger partial charge in [-0.3, -0.25) is 9.69 Å². The van der Waals surface area contributed by atoms with Gasteiger partial charge >= 0.3 is 0 Å². The van der Waals surface area contributed by atoms with E-state index in [1.165, 1.54) is 23.5 Å². The van der Waals surface area contributed by atoms with E-state index in [4.69, 9.17) is 5.11 Å². The highest BCUT2D eigenvalue weighted by molar-refractivity contribution is 7.22. The van der Waals surface area contributed by atoms with Gasteiger partial charge in [0.15, 0.2) is 5.13 Å². The average Bonchev–Trinajstić information content (AvgIpc) is 2.89. The summed E-state index contributed by atoms with van der Waals surface area (Å²) in [6.07, 6.45) is 1.84. The lowest BCUT2D eigenvalue weighted by Crippen LogP contribution is -2.39. The first-order chi connectivity index (χ1) is 10.6. The van der Waals surface area contributed by atoms with Crippen molar-refractivity contribution in [2.24, 2.45) is 5.92 Å². The van der Waals surface area contributed by atoms with Gasteiger partial charge < -0.3 is 10.4 Å². The van der Waals surface area contributed by atoms with Crippen LogP contribution in [-0.2, 0) is 4.79 Å². The molecule has 1 aromatic heterocycles. The van der Waals surface area contributed by atoms with E-state index in [2.05, 4.69) is 15.2 Å². The number of thiazole rings is 1. The van der Waals surface area contributed by atoms with Crippen molar-refractivity contribution in [2.45, 2.75) is 12.8 Å². The Labute approximate surface area is 131 Å². The summed E-state index contributed by atoms with van der Waals surface area (Å²) in [6, 6.07) is 4.39. The average molecular weight is 323 g/mol. The molecule has 118 valence electrons. The maximum Gasteiger partial charge on any atom is 0.240 e. The second-order valence-electron chi connectivity index (χ2n) is 5.58. The zero-order valence-electron chi connectivity index (χ0n) is 12.1. The largest absolute Gasteiger partial charge is 0.396 e. The van der Waals surface area contributed by atoms with Crippen molar-refractivity contribution in [2.75, 3.05) is 31.6 Å². The van der Waals surface area contributed by atoms with Crippen molar-refractivity contribution >= 4 is 32.6 Å². The van der Waals surface area contributed by atoms with Gasteiger partial charge in [-0.2, -0.15) is 0 Å². The smallest absolute Gasteiger partial charge is 0.240 e. The fourth-order valence-corrected chi connectivity index (χ4v) is 3.55. The molecule has 1 fully saturated rings. The van der Waals surface area contributed by atoms with E-state index in [1.54, 1.807) is 6.07 Å². The van der Waals surface area contributed by atoms with Crippen LogP contribution in [0.3, 0.4) is 0 Å². The third-order valence-corrected chi connectivity index (χ3v) is 4.86. The molecule has 2 N–H and O–H groups in total. The molecule has 7 heteroatoms. The molecule has 22 heavy (non-hydrogen) atoms. The third-order valence-electron chi connectivity index (χ3n) is 3.93. The number of hydrogen-bond acceptors (Lipinski definition) is 5. The van der Waals surface area contributed by atoms with E-state index in [1.807, 2.05) is 0 Å². The number of carbonyl (C=O) groups is 1. The Balaban J connectivity index is 1.56. The number of aliphatic hydroxyl groups is 1. The maximum absolute atomic E-state index is 13.1. The van der Waals surface area contributed by atoms with Crippen LogP contribution in [0.4, 0.5) is 9.52 Å². The van der Waals surface area contributed by atoms with E-state index in [9.17, 15) is 9.18 Å². The van der Waals surface area contributed by atoms with Gasteiger partial charge in [0.2, 0.25) is 5.91 Å². The number of aromatic nitrogens is 1. The lowest BCUT2D eigenvalue weighted by molar-refractivity contribution is -0.117. The van der Waals surface area contributed by atoms with Gasteiger partial charge in [0.05, 0.1) is 16.8 Å². The van der Waals surface area contributed by atoms with Crippen molar-refractivity contribution < 1.29 is 14.3 Å². The van der Waals surface area contributed by atoms with Crippen molar-refractivity contribution in [3.8, 4) is 0 Å². The molecule has 0 aliphatic carbocycles. The zero-order chi connectivity index (χ0) is 15.5. The number of carbonyl (C=O) groups excluding carboxylic acids is 1. The normalized spacial score (nSPS) is 17.0. The molecule has 1 aromatic carbocycles. The van der Waals surface area contributed by atoms with Crippen molar-refractivity contribution in [3.05, 3.63) is 24.0 Å². The Morgan fingerprint density at radius 1 is 1.45 bits per heavy atom. The molecule has 1 amide bonds. The number of benzene rings is 1. The van der Waals surface area contributed by atoms with Crippen LogP contribution in [-0.4, -0.2) is 47.1 Å². The molecule has 0 unspecified atom stereocenters. The van der Waals surface area contributed by atoms with Gasteiger partial charge in [0, 0.05) is 6.61 Å². The highest BCUT2D eigenvalue weighted by atomic mass is 32.1. The number of aliphatic hydroxyl groups excluding tert-OH is 1. The number of likely N-dealkylation sites (tertiary alicyclic amines) is 1. The molecule has 0 atom stereocenters. The molecule has 1 aliphatic heterocycles. The van der Waals surface area contributed by atoms with E-state index in [-0.39, 0.29) is 18.3 Å². The number of nitrogens with one attached hydrogen (secondary N) is 1. The van der Waals surface area contributed by atoms with Crippen LogP contribution in [0, 0.1) is 11.7 Å². The summed E-state index contributed by atoms with van der Waals surface area (Å²) in [5.41, 5.74) is 0.686. The van der Waals surface area contributed by atoms with Gasteiger partial charge in [-0.1, -0.05) is 11.3 Å². The predicted octanol–water partition coefficient (Wildman–Crippen LogP) is 2.08. The first-order valence-electron chi connectivity index (χ1n) is 7.33. The Hall–Kier alpha value is -1.57. The SMILES string of the molecule is O=C(CN1CCC(CO)CC1)Nc1nc2ccc(F)cc2s1. The molecule has 0 spiro atoms. The highest BCUT2D eigenvalue weighted by Gasteiger charge is 2.20. The monoisotopic (exact) mass is 323 g/mol. The Kier molecular flexibility index (Phi) is 4.66. The third kappa shape index (κ3) is 3.60. The number of amides is 1. The molecular weight excluding hydrogens is 305 g/mol. The lowest BCUT2D eigenvalue weighted by atomic mass is 9.98. The number of fused-ring (bicyclic) bond motifs is 1. The number of nitrogens with zero attached hydrogens (tertiary/aromatic N) is 2. The predicted molar refractivity (Wildman–Crippen MR) is 84.5 cm³/mol. The van der Waals surface area contributed by atoms with Crippen molar-refractivity contribution in [1.29, 1.82) is 0 Å². The van der Waals surface area contributed by atoms with Crippen LogP contribution in [0.5, 0.6) is 0 Å². The molecule has 0 saturated carbocycles. The topological polar surface area (TPSA) is 65.5 Å². The molecule has 0 radical (unpaired) electrons. The van der Waals surface area contributed by atoms with Crippen LogP contribution < -0.4 is 5.32 Å². The van der Waals surface area contributed by atoms with E-state index >= 15 is 0 Å². The van der Waals surface area contributed by atoms with Crippen LogP contribution in [0.2, 0.25) is 0 Å². The summed E-state index contributed by atoms with van der Waals surface area (Å²) in [7, 11) is 0. The minimum atomic E-state index is -0.305. The zero-order valence-corrected chi connectivity index (χ0v) is 12.9. The molecule has 0 bridgehead atoms. The van der Waals surface area contributed by atoms with Crippen LogP contribution in [0.15, 0.2) is 18.2 Å². The van der Waals surface area contributed by atoms with Crippen LogP contribution >= 0.6 is 11.3 Å². The minimum absolute atomic E-state index is 0.109. The quantitative estimate of drug-likeness (QED) is 0.904. The summed E-state index contributed by atoms with van der Waals surface area (Å²) in [5.74, 6) is -0.0544. The second-order valence-corrected chi connectivity index (χ2v) is 6.61. The molecule has 1 aliphatic rings. The van der Waals surface area contributed by atoms with Gasteiger partial charge in [-0.15, -0.1) is 0 Å². The Morgan fingerprint density at radius 2 is 2.23 bits per heavy atom. The van der Waals surface area contributed by atoms with Gasteiger partial charge in [-0.05, 0) is 50.0 Å². The Bertz CT molecular complexity index is 668. The minimum Gasteiger partial charge on any atom is -0.396 e. The van der Waals surface area contributed by atoms with Gasteiger partial charge in [0.1, 0.15) is 5.82 Å². The fourth-order valence-electron chi connectivity index (χ4n) is 2.64. The summed E-state index contributed by atoms with van der Waals surface area (Å²) in [5, 5.41) is 12.4. The van der Waals surface area contributed by atoms with Gasteiger partial charge in [0.25, 0.3) is 0 Å². The van der Waals surface area contributed by atoms with Crippen molar-refractivity contribution in [3.63, 3.8) is 0 Å². The van der Waals surface area contributed by atoms with E-state index in [0.29, 0.717) is 23.1 Å². The van der Waals surface area contributed by atoms with Crippen LogP contribution in [0.25, 0.3) is 10.2 Å². The summed E-state index contributed by atoms with van der Waals surface area (Å²) >= 11 is 1.27. The summed E-state index contributed by atoms with van der Waals surface area (Å²) in [4.78, 5) is 18.4. The van der Waals surface area contributed by atoms with Gasteiger partial charge in [-0.25, -0.2) is 9.37 Å². The molecule has 1 saturated heterocycles. The highest BCUT2D eigenvalue weighted by Crippen LogP contribution is 2.26. The molecule has 5 nitrogen and oxygen atoms in total. The standard InChI is InChI=1S/C15H18FN3O2S/c16-11-1-2-12-13(7-11)22-15(17-12)18-14(21)8-19-5-3-10(9-20)4-6-19/h1-2,7,10,20H,3-6,8-9H2,(H,17,18,21). The number of halogens is 1. The maximum atomic E-state index is 13.1. The molecular formula is C15H18FN3O2S. The Morgan fingerprint density at radius 3 is 2.95 bits per heavy atom. The molecule has 2 aromatic rings. The molecule has 2 heterocycles. The summed E-state index contributed by atoms with van der Waals surface area (Å²) in [6.45, 7) is 2.19. The lowest BCUT2D eigenvalue weighted by Gasteiger charge is -2.30. The van der Waals surface area contributed by atoms with Crippen LogP contribution in [0.1, 0.15) is 12.8 Å². The number of anilines is 1. The second kappa shape index (κ2) is 6.68. The fraction of sp³-hybridized carbons (Fsp3) is 0.467. The van der Waals surface area contributed by atoms with E-state index < -0.39 is 0 Å². The number of rotatable bonds is 4.